The number of hydrogen-bond donors (Lipinski definition) is 3. The zero-order valence-electron chi connectivity index (χ0n) is 9.65. The molecule has 0 bridgehead atoms. The molecule has 4 nitrogen and oxygen atoms in total. The van der Waals surface area contributed by atoms with Gasteiger partial charge in [0.25, 0.3) is 0 Å². The van der Waals surface area contributed by atoms with Gasteiger partial charge in [0, 0.05) is 23.1 Å². The van der Waals surface area contributed by atoms with Crippen molar-refractivity contribution in [2.75, 3.05) is 11.1 Å². The van der Waals surface area contributed by atoms with Gasteiger partial charge in [-0.15, -0.1) is 0 Å². The molecule has 2 aromatic rings. The van der Waals surface area contributed by atoms with E-state index in [1.54, 1.807) is 0 Å². The summed E-state index contributed by atoms with van der Waals surface area (Å²) in [5, 5.41) is 11.6. The number of nitrogen functional groups attached to an aromatic ring is 1. The number of hydrogen-bond acceptors (Lipinski definition) is 3. The van der Waals surface area contributed by atoms with Crippen LogP contribution in [0.5, 0.6) is 0 Å². The van der Waals surface area contributed by atoms with Crippen LogP contribution in [0, 0.1) is 11.6 Å². The van der Waals surface area contributed by atoms with E-state index in [9.17, 15) is 13.6 Å². The summed E-state index contributed by atoms with van der Waals surface area (Å²) in [4.78, 5) is 10.9. The molecule has 98 valence electrons. The van der Waals surface area contributed by atoms with Gasteiger partial charge >= 0.3 is 5.97 Å². The molecular formula is C13H10F2N2O2. The third kappa shape index (κ3) is 2.98. The predicted molar refractivity (Wildman–Crippen MR) is 67.5 cm³/mol. The van der Waals surface area contributed by atoms with Crippen LogP contribution in [0.1, 0.15) is 10.4 Å². The average Bonchev–Trinajstić information content (AvgIpc) is 2.30. The van der Waals surface area contributed by atoms with Gasteiger partial charge in [0.2, 0.25) is 0 Å². The van der Waals surface area contributed by atoms with Crippen molar-refractivity contribution in [2.45, 2.75) is 0 Å². The standard InChI is InChI=1S/C13H10F2N2O2/c14-7-3-8(15)5-10(4-7)17-9-1-2-12(16)11(6-9)13(18)19/h1-6,17H,16H2,(H,18,19). The van der Waals surface area contributed by atoms with Crippen LogP contribution in [-0.4, -0.2) is 11.1 Å². The van der Waals surface area contributed by atoms with Crippen molar-refractivity contribution in [3.63, 3.8) is 0 Å². The smallest absolute Gasteiger partial charge is 0.337 e. The Morgan fingerprint density at radius 2 is 1.68 bits per heavy atom. The van der Waals surface area contributed by atoms with Gasteiger partial charge in [-0.1, -0.05) is 0 Å². The quantitative estimate of drug-likeness (QED) is 0.745. The SMILES string of the molecule is Nc1ccc(Nc2cc(F)cc(F)c2)cc1C(=O)O. The average molecular weight is 264 g/mol. The highest BCUT2D eigenvalue weighted by Crippen LogP contribution is 2.22. The van der Waals surface area contributed by atoms with Crippen molar-refractivity contribution in [2.24, 2.45) is 0 Å². The minimum atomic E-state index is -1.17. The normalized spacial score (nSPS) is 10.2. The molecule has 0 heterocycles. The van der Waals surface area contributed by atoms with E-state index in [1.807, 2.05) is 0 Å². The number of carboxylic acids is 1. The molecule has 4 N–H and O–H groups in total. The first kappa shape index (κ1) is 12.8. The minimum absolute atomic E-state index is 0.0816. The Bertz CT molecular complexity index is 624. The lowest BCUT2D eigenvalue weighted by atomic mass is 10.1. The summed E-state index contributed by atoms with van der Waals surface area (Å²) in [6.45, 7) is 0. The van der Waals surface area contributed by atoms with Crippen molar-refractivity contribution in [3.05, 3.63) is 53.6 Å². The number of anilines is 3. The van der Waals surface area contributed by atoms with E-state index in [4.69, 9.17) is 10.8 Å². The first-order valence-electron chi connectivity index (χ1n) is 5.31. The second-order valence-corrected chi connectivity index (χ2v) is 3.89. The van der Waals surface area contributed by atoms with Gasteiger partial charge < -0.3 is 16.2 Å². The molecule has 0 saturated carbocycles. The van der Waals surface area contributed by atoms with E-state index in [0.29, 0.717) is 5.69 Å². The third-order valence-electron chi connectivity index (χ3n) is 2.43. The number of benzene rings is 2. The fourth-order valence-corrected chi connectivity index (χ4v) is 1.61. The zero-order chi connectivity index (χ0) is 14.0. The van der Waals surface area contributed by atoms with Gasteiger partial charge in [0.15, 0.2) is 0 Å². The summed E-state index contributed by atoms with van der Waals surface area (Å²) >= 11 is 0. The van der Waals surface area contributed by atoms with Crippen molar-refractivity contribution in [3.8, 4) is 0 Å². The maximum atomic E-state index is 13.0. The molecule has 0 aromatic heterocycles. The van der Waals surface area contributed by atoms with Gasteiger partial charge in [0.1, 0.15) is 11.6 Å². The van der Waals surface area contributed by atoms with Gasteiger partial charge in [-0.3, -0.25) is 0 Å². The van der Waals surface area contributed by atoms with Gasteiger partial charge in [-0.25, -0.2) is 13.6 Å². The molecule has 0 radical (unpaired) electrons. The van der Waals surface area contributed by atoms with E-state index >= 15 is 0 Å². The lowest BCUT2D eigenvalue weighted by molar-refractivity contribution is 0.0698. The molecule has 0 spiro atoms. The van der Waals surface area contributed by atoms with Crippen molar-refractivity contribution in [1.82, 2.24) is 0 Å². The fourth-order valence-electron chi connectivity index (χ4n) is 1.61. The summed E-state index contributed by atoms with van der Waals surface area (Å²) in [6, 6.07) is 7.16. The Morgan fingerprint density at radius 1 is 1.05 bits per heavy atom. The Balaban J connectivity index is 2.33. The monoisotopic (exact) mass is 264 g/mol. The van der Waals surface area contributed by atoms with Crippen molar-refractivity contribution >= 4 is 23.0 Å². The lowest BCUT2D eigenvalue weighted by Crippen LogP contribution is -2.03. The highest BCUT2D eigenvalue weighted by atomic mass is 19.1. The van der Waals surface area contributed by atoms with Crippen LogP contribution in [0.15, 0.2) is 36.4 Å². The molecule has 0 fully saturated rings. The van der Waals surface area contributed by atoms with Crippen LogP contribution in [0.3, 0.4) is 0 Å². The number of carbonyl (C=O) groups is 1. The maximum absolute atomic E-state index is 13.0. The molecule has 6 heteroatoms. The van der Waals surface area contributed by atoms with Crippen LogP contribution < -0.4 is 11.1 Å². The Morgan fingerprint density at radius 3 is 2.26 bits per heavy atom. The van der Waals surface area contributed by atoms with Gasteiger partial charge in [-0.2, -0.15) is 0 Å². The van der Waals surface area contributed by atoms with Gasteiger partial charge in [0.05, 0.1) is 5.56 Å². The second-order valence-electron chi connectivity index (χ2n) is 3.89. The van der Waals surface area contributed by atoms with E-state index in [2.05, 4.69) is 5.32 Å². The summed E-state index contributed by atoms with van der Waals surface area (Å²) in [5.41, 5.74) is 6.09. The molecule has 2 rings (SSSR count). The topological polar surface area (TPSA) is 75.3 Å². The van der Waals surface area contributed by atoms with Crippen LogP contribution in [-0.2, 0) is 0 Å². The van der Waals surface area contributed by atoms with Crippen molar-refractivity contribution in [1.29, 1.82) is 0 Å². The largest absolute Gasteiger partial charge is 0.478 e. The summed E-state index contributed by atoms with van der Waals surface area (Å²) < 4.78 is 26.0. The first-order valence-corrected chi connectivity index (χ1v) is 5.31. The second kappa shape index (κ2) is 4.93. The number of nitrogens with one attached hydrogen (secondary N) is 1. The Labute approximate surface area is 107 Å². The molecule has 0 aliphatic heterocycles. The Kier molecular flexibility index (Phi) is 3.33. The molecule has 0 unspecified atom stereocenters. The van der Waals surface area contributed by atoms with E-state index in [1.165, 1.54) is 18.2 Å². The molecule has 0 amide bonds. The Hall–Kier alpha value is -2.63. The first-order chi connectivity index (χ1) is 8.95. The fraction of sp³-hybridized carbons (Fsp3) is 0. The highest BCUT2D eigenvalue weighted by Gasteiger charge is 2.09. The number of rotatable bonds is 3. The molecular weight excluding hydrogens is 254 g/mol. The maximum Gasteiger partial charge on any atom is 0.337 e. The van der Waals surface area contributed by atoms with E-state index in [-0.39, 0.29) is 16.9 Å². The summed E-state index contributed by atoms with van der Waals surface area (Å²) in [5.74, 6) is -2.63. The molecule has 2 aromatic carbocycles. The van der Waals surface area contributed by atoms with Crippen LogP contribution in [0.25, 0.3) is 0 Å². The van der Waals surface area contributed by atoms with E-state index < -0.39 is 17.6 Å². The third-order valence-corrected chi connectivity index (χ3v) is 2.43. The molecule has 0 aliphatic rings. The van der Waals surface area contributed by atoms with Crippen molar-refractivity contribution < 1.29 is 18.7 Å². The van der Waals surface area contributed by atoms with Gasteiger partial charge in [-0.05, 0) is 30.3 Å². The highest BCUT2D eigenvalue weighted by molar-refractivity contribution is 5.95. The van der Waals surface area contributed by atoms with Crippen LogP contribution in [0.4, 0.5) is 25.8 Å². The number of nitrogens with two attached hydrogens (primary N) is 1. The number of aromatic carboxylic acids is 1. The predicted octanol–water partition coefficient (Wildman–Crippen LogP) is 2.99. The molecule has 0 aliphatic carbocycles. The number of carboxylic acid groups (broad SMARTS) is 1. The van der Waals surface area contributed by atoms with E-state index in [0.717, 1.165) is 18.2 Å². The zero-order valence-corrected chi connectivity index (χ0v) is 9.65. The molecule has 19 heavy (non-hydrogen) atoms. The summed E-state index contributed by atoms with van der Waals surface area (Å²) in [6.07, 6.45) is 0. The lowest BCUT2D eigenvalue weighted by Gasteiger charge is -2.09. The summed E-state index contributed by atoms with van der Waals surface area (Å²) in [7, 11) is 0. The number of halogens is 2. The minimum Gasteiger partial charge on any atom is -0.478 e. The molecule has 0 atom stereocenters. The molecule has 0 saturated heterocycles. The van der Waals surface area contributed by atoms with Crippen LogP contribution >= 0.6 is 0 Å². The van der Waals surface area contributed by atoms with Crippen LogP contribution in [0.2, 0.25) is 0 Å².